The molecule has 10 nitrogen and oxygen atoms in total. The van der Waals surface area contributed by atoms with Crippen molar-refractivity contribution < 1.29 is 14.3 Å². The summed E-state index contributed by atoms with van der Waals surface area (Å²) in [6.07, 6.45) is 7.59. The lowest BCUT2D eigenvalue weighted by Gasteiger charge is -2.30. The van der Waals surface area contributed by atoms with Gasteiger partial charge in [0.15, 0.2) is 0 Å². The van der Waals surface area contributed by atoms with Gasteiger partial charge < -0.3 is 25.0 Å². The average molecular weight is 466 g/mol. The Labute approximate surface area is 198 Å². The maximum atomic E-state index is 12.5. The van der Waals surface area contributed by atoms with Crippen LogP contribution in [0.4, 0.5) is 10.6 Å². The minimum atomic E-state index is -0.269. The van der Waals surface area contributed by atoms with E-state index in [1.165, 1.54) is 11.9 Å². The van der Waals surface area contributed by atoms with Crippen molar-refractivity contribution in [2.24, 2.45) is 5.73 Å². The molecule has 4 heterocycles. The van der Waals surface area contributed by atoms with Gasteiger partial charge in [-0.25, -0.2) is 9.78 Å². The van der Waals surface area contributed by atoms with Crippen LogP contribution in [-0.4, -0.2) is 69.5 Å². The topological polar surface area (TPSA) is 111 Å². The van der Waals surface area contributed by atoms with E-state index >= 15 is 0 Å². The highest BCUT2D eigenvalue weighted by Gasteiger charge is 2.29. The number of ether oxygens (including phenoxy) is 2. The molecule has 1 aromatic carbocycles. The van der Waals surface area contributed by atoms with Crippen LogP contribution in [0.5, 0.6) is 5.75 Å². The lowest BCUT2D eigenvalue weighted by Crippen LogP contribution is -2.37. The second kappa shape index (κ2) is 10.3. The molecule has 2 aliphatic heterocycles. The molecule has 5 rings (SSSR count). The van der Waals surface area contributed by atoms with Gasteiger partial charge in [-0.2, -0.15) is 14.6 Å². The number of unbranched alkanes of at least 4 members (excludes halogenated alkanes) is 1. The van der Waals surface area contributed by atoms with E-state index in [1.54, 1.807) is 15.6 Å². The lowest BCUT2D eigenvalue weighted by atomic mass is 9.99. The van der Waals surface area contributed by atoms with Crippen LogP contribution < -0.4 is 15.4 Å². The fraction of sp³-hybridized carbons (Fsp3) is 0.500. The summed E-state index contributed by atoms with van der Waals surface area (Å²) in [5.74, 6) is 2.41. The van der Waals surface area contributed by atoms with Crippen LogP contribution in [0.1, 0.15) is 36.8 Å². The summed E-state index contributed by atoms with van der Waals surface area (Å²) < 4.78 is 13.6. The van der Waals surface area contributed by atoms with Crippen LogP contribution >= 0.6 is 0 Å². The van der Waals surface area contributed by atoms with Gasteiger partial charge in [0.25, 0.3) is 5.78 Å². The van der Waals surface area contributed by atoms with Gasteiger partial charge >= 0.3 is 6.09 Å². The number of benzene rings is 1. The second-order valence-electron chi connectivity index (χ2n) is 8.75. The summed E-state index contributed by atoms with van der Waals surface area (Å²) in [6.45, 7) is 3.65. The summed E-state index contributed by atoms with van der Waals surface area (Å²) >= 11 is 0. The number of aromatic nitrogens is 4. The van der Waals surface area contributed by atoms with Gasteiger partial charge in [0.05, 0.1) is 19.2 Å². The number of hydrogen-bond acceptors (Lipinski definition) is 8. The fourth-order valence-electron chi connectivity index (χ4n) is 4.78. The normalized spacial score (nSPS) is 17.7. The second-order valence-corrected chi connectivity index (χ2v) is 8.75. The first-order chi connectivity index (χ1) is 16.7. The Balaban J connectivity index is 1.25. The van der Waals surface area contributed by atoms with Crippen LogP contribution in [0.3, 0.4) is 0 Å². The minimum Gasteiger partial charge on any atom is -0.491 e. The van der Waals surface area contributed by atoms with Crippen LogP contribution in [0, 0.1) is 0 Å². The summed E-state index contributed by atoms with van der Waals surface area (Å²) in [5.41, 5.74) is 7.81. The number of anilines is 1. The molecule has 0 saturated carbocycles. The first-order valence-electron chi connectivity index (χ1n) is 12.0. The molecule has 0 radical (unpaired) electrons. The van der Waals surface area contributed by atoms with Crippen LogP contribution in [0.2, 0.25) is 0 Å². The molecule has 2 aromatic heterocycles. The van der Waals surface area contributed by atoms with Gasteiger partial charge in [-0.3, -0.25) is 0 Å². The molecule has 1 fully saturated rings. The fourth-order valence-corrected chi connectivity index (χ4v) is 4.78. The number of carbonyl (C=O) groups is 1. The monoisotopic (exact) mass is 465 g/mol. The van der Waals surface area contributed by atoms with Crippen LogP contribution in [0.15, 0.2) is 36.8 Å². The van der Waals surface area contributed by atoms with Crippen molar-refractivity contribution in [3.05, 3.63) is 47.9 Å². The minimum absolute atomic E-state index is 0.220. The summed E-state index contributed by atoms with van der Waals surface area (Å²) in [4.78, 5) is 25.1. The highest BCUT2D eigenvalue weighted by atomic mass is 16.6. The third-order valence-corrected chi connectivity index (χ3v) is 6.58. The molecule has 1 unspecified atom stereocenters. The Morgan fingerprint density at radius 2 is 2.12 bits per heavy atom. The Morgan fingerprint density at radius 1 is 1.18 bits per heavy atom. The Hall–Kier alpha value is -3.40. The molecule has 180 valence electrons. The zero-order valence-electron chi connectivity index (χ0n) is 19.3. The van der Waals surface area contributed by atoms with Crippen molar-refractivity contribution in [1.82, 2.24) is 24.5 Å². The quantitative estimate of drug-likeness (QED) is 0.505. The molecule has 3 aromatic rings. The first-order valence-corrected chi connectivity index (χ1v) is 12.0. The van der Waals surface area contributed by atoms with E-state index in [0.717, 1.165) is 55.8 Å². The maximum absolute atomic E-state index is 12.5. The number of fused-ring (bicyclic) bond motifs is 2. The molecule has 1 saturated heterocycles. The third kappa shape index (κ3) is 4.63. The van der Waals surface area contributed by atoms with Gasteiger partial charge in [0, 0.05) is 24.8 Å². The third-order valence-electron chi connectivity index (χ3n) is 6.58. The summed E-state index contributed by atoms with van der Waals surface area (Å²) in [5, 5.41) is 4.33. The molecule has 2 N–H and O–H groups in total. The van der Waals surface area contributed by atoms with E-state index in [2.05, 4.69) is 26.0 Å². The van der Waals surface area contributed by atoms with Crippen molar-refractivity contribution in [3.8, 4) is 5.75 Å². The molecular weight excluding hydrogens is 434 g/mol. The highest BCUT2D eigenvalue weighted by molar-refractivity contribution is 5.68. The van der Waals surface area contributed by atoms with Crippen molar-refractivity contribution in [1.29, 1.82) is 0 Å². The number of nitrogens with two attached hydrogens (primary N) is 1. The largest absolute Gasteiger partial charge is 0.491 e. The van der Waals surface area contributed by atoms with Gasteiger partial charge in [-0.15, -0.1) is 0 Å². The Morgan fingerprint density at radius 3 is 3.03 bits per heavy atom. The number of hydrogen-bond donors (Lipinski definition) is 1. The molecule has 10 heteroatoms. The molecular formula is C24H31N7O3. The number of rotatable bonds is 8. The van der Waals surface area contributed by atoms with Gasteiger partial charge in [-0.05, 0) is 56.3 Å². The zero-order chi connectivity index (χ0) is 23.3. The van der Waals surface area contributed by atoms with Gasteiger partial charge in [0.1, 0.15) is 24.5 Å². The van der Waals surface area contributed by atoms with E-state index in [-0.39, 0.29) is 12.1 Å². The van der Waals surface area contributed by atoms with E-state index in [1.807, 2.05) is 18.2 Å². The summed E-state index contributed by atoms with van der Waals surface area (Å²) in [7, 11) is 0. The van der Waals surface area contributed by atoms with Crippen molar-refractivity contribution >= 4 is 17.7 Å². The number of carbonyl (C=O) groups excluding carboxylic acids is 1. The van der Waals surface area contributed by atoms with Crippen molar-refractivity contribution in [3.63, 3.8) is 0 Å². The zero-order valence-corrected chi connectivity index (χ0v) is 19.3. The van der Waals surface area contributed by atoms with E-state index in [4.69, 9.17) is 15.2 Å². The number of nitrogens with zero attached hydrogens (tertiary/aromatic N) is 6. The molecule has 0 bridgehead atoms. The Kier molecular flexibility index (Phi) is 6.75. The average Bonchev–Trinajstić information content (AvgIpc) is 3.54. The number of amides is 1. The molecule has 2 aliphatic rings. The Bertz CT molecular complexity index is 1130. The van der Waals surface area contributed by atoms with Gasteiger partial charge in [0.2, 0.25) is 0 Å². The first kappa shape index (κ1) is 22.4. The SMILES string of the molecule is NCCCCOC(=O)N1CCc2cccc(OCC3CCCN3c3ccnc4ncnn34)c2C1. The van der Waals surface area contributed by atoms with E-state index in [9.17, 15) is 4.79 Å². The summed E-state index contributed by atoms with van der Waals surface area (Å²) in [6, 6.07) is 8.34. The van der Waals surface area contributed by atoms with E-state index < -0.39 is 0 Å². The van der Waals surface area contributed by atoms with E-state index in [0.29, 0.717) is 38.6 Å². The predicted octanol–water partition coefficient (Wildman–Crippen LogP) is 2.41. The molecule has 1 amide bonds. The predicted molar refractivity (Wildman–Crippen MR) is 127 cm³/mol. The van der Waals surface area contributed by atoms with Crippen LogP contribution in [-0.2, 0) is 17.7 Å². The standard InChI is InChI=1S/C24H31N7O3/c25-10-1-2-14-33-24(32)29-13-9-18-5-3-7-21(20(18)15-29)34-16-19-6-4-12-30(19)22-8-11-26-23-27-17-28-31(22)23/h3,5,7-8,11,17,19H,1-2,4,6,9-10,12-16,25H2. The molecule has 0 aliphatic carbocycles. The smallest absolute Gasteiger partial charge is 0.410 e. The lowest BCUT2D eigenvalue weighted by molar-refractivity contribution is 0.0959. The van der Waals surface area contributed by atoms with Crippen molar-refractivity contribution in [2.75, 3.05) is 37.7 Å². The van der Waals surface area contributed by atoms with Crippen LogP contribution in [0.25, 0.3) is 5.78 Å². The molecule has 1 atom stereocenters. The molecule has 0 spiro atoms. The highest BCUT2D eigenvalue weighted by Crippen LogP contribution is 2.30. The van der Waals surface area contributed by atoms with Gasteiger partial charge in [-0.1, -0.05) is 12.1 Å². The maximum Gasteiger partial charge on any atom is 0.410 e. The molecule has 34 heavy (non-hydrogen) atoms. The van der Waals surface area contributed by atoms with Crippen molar-refractivity contribution in [2.45, 2.75) is 44.7 Å².